The van der Waals surface area contributed by atoms with Gasteiger partial charge in [0.25, 0.3) is 0 Å². The number of carboxylic acids is 2. The zero-order valence-corrected chi connectivity index (χ0v) is 10.2. The molecule has 0 rings (SSSR count). The summed E-state index contributed by atoms with van der Waals surface area (Å²) in [5.74, 6) is -1.45. The summed E-state index contributed by atoms with van der Waals surface area (Å²) in [6, 6.07) is 0. The van der Waals surface area contributed by atoms with E-state index in [-0.39, 0.29) is 12.8 Å². The van der Waals surface area contributed by atoms with Crippen molar-refractivity contribution in [2.45, 2.75) is 57.8 Å². The summed E-state index contributed by atoms with van der Waals surface area (Å²) < 4.78 is 0. The molecule has 0 heterocycles. The quantitative estimate of drug-likeness (QED) is 0.431. The van der Waals surface area contributed by atoms with E-state index >= 15 is 0 Å². The molecular formula is C13H22O4. The van der Waals surface area contributed by atoms with Gasteiger partial charge in [-0.3, -0.25) is 9.59 Å². The van der Waals surface area contributed by atoms with Crippen LogP contribution in [0.5, 0.6) is 0 Å². The van der Waals surface area contributed by atoms with Crippen LogP contribution >= 0.6 is 0 Å². The molecule has 0 atom stereocenters. The van der Waals surface area contributed by atoms with E-state index < -0.39 is 11.9 Å². The minimum absolute atomic E-state index is 0.253. The Balaban J connectivity index is 3.14. The Morgan fingerprint density at radius 1 is 0.706 bits per heavy atom. The summed E-state index contributed by atoms with van der Waals surface area (Å²) in [5.41, 5.74) is 0. The van der Waals surface area contributed by atoms with Gasteiger partial charge in [0.05, 0.1) is 0 Å². The molecule has 0 amide bonds. The van der Waals surface area contributed by atoms with Crippen LogP contribution in [0.15, 0.2) is 12.2 Å². The van der Waals surface area contributed by atoms with Gasteiger partial charge in [-0.25, -0.2) is 0 Å². The van der Waals surface area contributed by atoms with Crippen molar-refractivity contribution in [2.24, 2.45) is 0 Å². The molecule has 0 aliphatic rings. The van der Waals surface area contributed by atoms with Crippen LogP contribution in [0, 0.1) is 0 Å². The van der Waals surface area contributed by atoms with E-state index in [1.165, 1.54) is 0 Å². The Morgan fingerprint density at radius 3 is 1.59 bits per heavy atom. The molecule has 2 N–H and O–H groups in total. The Morgan fingerprint density at radius 2 is 1.12 bits per heavy atom. The SMILES string of the molecule is O=C(O)CCCCC=CCCCCCC(=O)O. The predicted molar refractivity (Wildman–Crippen MR) is 66.0 cm³/mol. The second-order valence-corrected chi connectivity index (χ2v) is 4.10. The number of allylic oxidation sites excluding steroid dienone is 2. The third-order valence-electron chi connectivity index (χ3n) is 2.44. The topological polar surface area (TPSA) is 74.6 Å². The van der Waals surface area contributed by atoms with Gasteiger partial charge in [-0.1, -0.05) is 18.6 Å². The molecule has 0 fully saturated rings. The molecule has 0 saturated heterocycles. The van der Waals surface area contributed by atoms with Gasteiger partial charge in [0, 0.05) is 12.8 Å². The number of carbonyl (C=O) groups is 2. The molecule has 0 radical (unpaired) electrons. The van der Waals surface area contributed by atoms with Crippen molar-refractivity contribution in [3.8, 4) is 0 Å². The Kier molecular flexibility index (Phi) is 10.3. The van der Waals surface area contributed by atoms with Crippen molar-refractivity contribution < 1.29 is 19.8 Å². The molecule has 0 aromatic carbocycles. The molecule has 0 spiro atoms. The van der Waals surface area contributed by atoms with Crippen LogP contribution in [0.25, 0.3) is 0 Å². The maximum absolute atomic E-state index is 10.2. The molecule has 0 unspecified atom stereocenters. The van der Waals surface area contributed by atoms with Gasteiger partial charge in [-0.05, 0) is 38.5 Å². The summed E-state index contributed by atoms with van der Waals surface area (Å²) in [6.45, 7) is 0. The smallest absolute Gasteiger partial charge is 0.303 e. The summed E-state index contributed by atoms with van der Waals surface area (Å²) in [5, 5.41) is 16.8. The molecular weight excluding hydrogens is 220 g/mol. The van der Waals surface area contributed by atoms with Crippen molar-refractivity contribution in [1.82, 2.24) is 0 Å². The van der Waals surface area contributed by atoms with E-state index in [1.807, 2.05) is 0 Å². The first-order valence-corrected chi connectivity index (χ1v) is 6.21. The van der Waals surface area contributed by atoms with Crippen molar-refractivity contribution in [2.75, 3.05) is 0 Å². The standard InChI is InChI=1S/C13H22O4/c14-12(15)10-8-6-4-2-1-3-5-7-9-11-13(16)17/h1-2H,3-11H2,(H,14,15)(H,16,17). The zero-order chi connectivity index (χ0) is 12.9. The van der Waals surface area contributed by atoms with E-state index in [0.717, 1.165) is 44.9 Å². The fourth-order valence-corrected chi connectivity index (χ4v) is 1.49. The molecule has 0 saturated carbocycles. The molecule has 4 heteroatoms. The molecule has 0 bridgehead atoms. The summed E-state index contributed by atoms with van der Waals surface area (Å²) in [6.07, 6.45) is 11.0. The van der Waals surface area contributed by atoms with E-state index in [0.29, 0.717) is 0 Å². The van der Waals surface area contributed by atoms with Crippen molar-refractivity contribution in [3.05, 3.63) is 12.2 Å². The summed E-state index contributed by atoms with van der Waals surface area (Å²) in [4.78, 5) is 20.5. The average molecular weight is 242 g/mol. The zero-order valence-electron chi connectivity index (χ0n) is 10.2. The molecule has 0 aliphatic carbocycles. The normalized spacial score (nSPS) is 10.8. The van der Waals surface area contributed by atoms with Crippen molar-refractivity contribution in [1.29, 1.82) is 0 Å². The second-order valence-electron chi connectivity index (χ2n) is 4.10. The van der Waals surface area contributed by atoms with Crippen LogP contribution in [0.2, 0.25) is 0 Å². The number of unbranched alkanes of at least 4 members (excludes halogenated alkanes) is 5. The molecule has 4 nitrogen and oxygen atoms in total. The maximum Gasteiger partial charge on any atom is 0.303 e. The molecule has 0 aromatic heterocycles. The summed E-state index contributed by atoms with van der Waals surface area (Å²) in [7, 11) is 0. The van der Waals surface area contributed by atoms with Crippen LogP contribution in [0.4, 0.5) is 0 Å². The third kappa shape index (κ3) is 14.7. The van der Waals surface area contributed by atoms with Gasteiger partial charge in [0.1, 0.15) is 0 Å². The fraction of sp³-hybridized carbons (Fsp3) is 0.692. The van der Waals surface area contributed by atoms with Gasteiger partial charge in [0.15, 0.2) is 0 Å². The Bertz CT molecular complexity index is 246. The highest BCUT2D eigenvalue weighted by Crippen LogP contribution is 2.05. The third-order valence-corrected chi connectivity index (χ3v) is 2.44. The lowest BCUT2D eigenvalue weighted by Gasteiger charge is -1.96. The highest BCUT2D eigenvalue weighted by Gasteiger charge is 1.95. The van der Waals surface area contributed by atoms with Crippen LogP contribution in [0.1, 0.15) is 57.8 Å². The number of carboxylic acid groups (broad SMARTS) is 2. The molecule has 98 valence electrons. The summed E-state index contributed by atoms with van der Waals surface area (Å²) >= 11 is 0. The maximum atomic E-state index is 10.2. The van der Waals surface area contributed by atoms with E-state index in [2.05, 4.69) is 12.2 Å². The first kappa shape index (κ1) is 15.7. The number of hydrogen-bond donors (Lipinski definition) is 2. The predicted octanol–water partition coefficient (Wildman–Crippen LogP) is 3.22. The first-order chi connectivity index (χ1) is 8.13. The van der Waals surface area contributed by atoms with E-state index in [1.54, 1.807) is 0 Å². The number of aliphatic carboxylic acids is 2. The average Bonchev–Trinajstić information content (AvgIpc) is 2.25. The highest BCUT2D eigenvalue weighted by atomic mass is 16.4. The number of hydrogen-bond acceptors (Lipinski definition) is 2. The van der Waals surface area contributed by atoms with Crippen LogP contribution in [-0.2, 0) is 9.59 Å². The van der Waals surface area contributed by atoms with Gasteiger partial charge in [-0.15, -0.1) is 0 Å². The van der Waals surface area contributed by atoms with E-state index in [4.69, 9.17) is 10.2 Å². The Labute approximate surface area is 102 Å². The molecule has 0 aromatic rings. The number of rotatable bonds is 11. The van der Waals surface area contributed by atoms with Crippen LogP contribution in [0.3, 0.4) is 0 Å². The minimum Gasteiger partial charge on any atom is -0.481 e. The fourth-order valence-electron chi connectivity index (χ4n) is 1.49. The minimum atomic E-state index is -0.729. The lowest BCUT2D eigenvalue weighted by molar-refractivity contribution is -0.138. The van der Waals surface area contributed by atoms with Gasteiger partial charge < -0.3 is 10.2 Å². The van der Waals surface area contributed by atoms with Gasteiger partial charge in [0.2, 0.25) is 0 Å². The van der Waals surface area contributed by atoms with Gasteiger partial charge >= 0.3 is 11.9 Å². The second kappa shape index (κ2) is 11.2. The largest absolute Gasteiger partial charge is 0.481 e. The Hall–Kier alpha value is -1.32. The molecule has 17 heavy (non-hydrogen) atoms. The van der Waals surface area contributed by atoms with Crippen LogP contribution < -0.4 is 0 Å². The molecule has 0 aliphatic heterocycles. The van der Waals surface area contributed by atoms with Crippen molar-refractivity contribution in [3.63, 3.8) is 0 Å². The van der Waals surface area contributed by atoms with E-state index in [9.17, 15) is 9.59 Å². The van der Waals surface area contributed by atoms with Gasteiger partial charge in [-0.2, -0.15) is 0 Å². The van der Waals surface area contributed by atoms with Crippen molar-refractivity contribution >= 4 is 11.9 Å². The van der Waals surface area contributed by atoms with Crippen LogP contribution in [-0.4, -0.2) is 22.2 Å². The monoisotopic (exact) mass is 242 g/mol. The highest BCUT2D eigenvalue weighted by molar-refractivity contribution is 5.66. The lowest BCUT2D eigenvalue weighted by Crippen LogP contribution is -1.93. The lowest BCUT2D eigenvalue weighted by atomic mass is 10.1. The first-order valence-electron chi connectivity index (χ1n) is 6.21.